The Morgan fingerprint density at radius 1 is 0.533 bits per heavy atom. The van der Waals surface area contributed by atoms with Crippen LogP contribution in [0.4, 0.5) is 0 Å². The standard InChI is InChI=1S/2C12H25.Mo.H3O2PS2/c2*1-3-5-7-9-11-12-10-8-6-4-2;;1-3(2,4)5/h2*1,3-12H2,2H3;;(H3,1,2,4,5)/q;;+3;/p-3. The maximum atomic E-state index is 9.29. The molecule has 0 bridgehead atoms. The van der Waals surface area contributed by atoms with Crippen molar-refractivity contribution in [2.75, 3.05) is 0 Å². The second-order valence-corrected chi connectivity index (χ2v) is 15.9. The van der Waals surface area contributed by atoms with E-state index in [-0.39, 0.29) is 0 Å². The van der Waals surface area contributed by atoms with Crippen LogP contribution in [0.2, 0.25) is 9.62 Å². The molecule has 0 fully saturated rings. The Bertz CT molecular complexity index is 324. The third-order valence-electron chi connectivity index (χ3n) is 5.28. The molecule has 0 aliphatic heterocycles. The van der Waals surface area contributed by atoms with Gasteiger partial charge in [0.25, 0.3) is 0 Å². The van der Waals surface area contributed by atoms with Gasteiger partial charge in [-0.3, -0.25) is 0 Å². The molecule has 0 aliphatic rings. The van der Waals surface area contributed by atoms with Gasteiger partial charge in [-0.15, -0.1) is 0 Å². The Kier molecular flexibility index (Phi) is 32.2. The summed E-state index contributed by atoms with van der Waals surface area (Å²) in [7, 11) is 0. The molecule has 0 atom stereocenters. The van der Waals surface area contributed by atoms with Crippen LogP contribution in [0.5, 0.6) is 0 Å². The first kappa shape index (κ1) is 33.8. The molecule has 0 N–H and O–H groups in total. The summed E-state index contributed by atoms with van der Waals surface area (Å²) >= 11 is 7.66. The molecule has 0 saturated heterocycles. The van der Waals surface area contributed by atoms with Gasteiger partial charge in [0, 0.05) is 0 Å². The zero-order chi connectivity index (χ0) is 22.8. The van der Waals surface area contributed by atoms with Crippen LogP contribution in [0.25, 0.3) is 0 Å². The molecule has 0 aromatic carbocycles. The van der Waals surface area contributed by atoms with Crippen LogP contribution in [0.15, 0.2) is 0 Å². The summed E-state index contributed by atoms with van der Waals surface area (Å²) < 4.78 is 0. The molecule has 0 unspecified atom stereocenters. The zero-order valence-electron chi connectivity index (χ0n) is 20.0. The summed E-state index contributed by atoms with van der Waals surface area (Å²) in [5.41, 5.74) is -3.72. The van der Waals surface area contributed by atoms with Crippen LogP contribution < -0.4 is 9.79 Å². The Morgan fingerprint density at radius 2 is 0.733 bits per heavy atom. The summed E-state index contributed by atoms with van der Waals surface area (Å²) in [4.78, 5) is 21.8. The molecule has 0 spiro atoms. The van der Waals surface area contributed by atoms with E-state index in [0.717, 1.165) is 0 Å². The zero-order valence-corrected chi connectivity index (χ0v) is 24.6. The first-order chi connectivity index (χ1) is 14.4. The molecule has 0 aromatic rings. The molecule has 2 nitrogen and oxygen atoms in total. The number of hydrogen-bond donors (Lipinski definition) is 0. The topological polar surface area (TPSA) is 46.1 Å². The Balaban J connectivity index is 0. The number of unbranched alkanes of at least 4 members (excludes halogenated alkanes) is 18. The summed E-state index contributed by atoms with van der Waals surface area (Å²) in [6.45, 7) is 4.61. The number of hydrogen-bond acceptors (Lipinski definition) is 4. The van der Waals surface area contributed by atoms with Crippen LogP contribution in [-0.2, 0) is 42.6 Å². The minimum absolute atomic E-state index is 0.380. The first-order valence-electron chi connectivity index (χ1n) is 12.7. The second kappa shape index (κ2) is 28.6. The van der Waals surface area contributed by atoms with Gasteiger partial charge in [-0.25, -0.2) is 0 Å². The van der Waals surface area contributed by atoms with Crippen molar-refractivity contribution in [3.05, 3.63) is 0 Å². The summed E-state index contributed by atoms with van der Waals surface area (Å²) in [6.07, 6.45) is 29.7. The van der Waals surface area contributed by atoms with Crippen molar-refractivity contribution in [3.8, 4) is 0 Å². The third-order valence-corrected chi connectivity index (χ3v) is 8.12. The molecule has 0 amide bonds. The van der Waals surface area contributed by atoms with Crippen molar-refractivity contribution in [2.24, 2.45) is 0 Å². The van der Waals surface area contributed by atoms with Crippen molar-refractivity contribution in [3.63, 3.8) is 0 Å². The van der Waals surface area contributed by atoms with Crippen molar-refractivity contribution >= 4 is 29.7 Å². The van der Waals surface area contributed by atoms with Crippen LogP contribution in [0.3, 0.4) is 0 Å². The predicted molar refractivity (Wildman–Crippen MR) is 135 cm³/mol. The van der Waals surface area contributed by atoms with Gasteiger partial charge in [-0.2, -0.15) is 11.8 Å². The van der Waals surface area contributed by atoms with Crippen molar-refractivity contribution < 1.29 is 28.3 Å². The van der Waals surface area contributed by atoms with E-state index >= 15 is 0 Å². The van der Waals surface area contributed by atoms with E-state index in [4.69, 9.17) is 0 Å². The molecule has 0 rings (SSSR count). The fourth-order valence-corrected chi connectivity index (χ4v) is 5.99. The molecular formula is C24H50MoO2PS2. The molecular weight excluding hydrogens is 511 g/mol. The summed E-state index contributed by atoms with van der Waals surface area (Å²) in [5.74, 6) is 0. The predicted octanol–water partition coefficient (Wildman–Crippen LogP) is 8.23. The van der Waals surface area contributed by atoms with Gasteiger partial charge in [0.1, 0.15) is 0 Å². The summed E-state index contributed by atoms with van der Waals surface area (Å²) in [6, 6.07) is 0. The molecule has 0 heterocycles. The summed E-state index contributed by atoms with van der Waals surface area (Å²) in [5, 5.41) is 0. The van der Waals surface area contributed by atoms with E-state index in [1.165, 1.54) is 116 Å². The van der Waals surface area contributed by atoms with E-state index in [1.807, 2.05) is 0 Å². The SMILES string of the molecule is CCCCCCCCCCC[CH2][Mo+3][CH2]CCCCCCCCCCC.[O-]P([O-])(=S)[S-]. The van der Waals surface area contributed by atoms with Crippen molar-refractivity contribution in [1.29, 1.82) is 0 Å². The van der Waals surface area contributed by atoms with Crippen LogP contribution in [0.1, 0.15) is 142 Å². The van der Waals surface area contributed by atoms with Crippen LogP contribution >= 0.6 is 5.69 Å². The Hall–Kier alpha value is 1.61. The van der Waals surface area contributed by atoms with Gasteiger partial charge in [0.05, 0.1) is 0 Å². The van der Waals surface area contributed by atoms with Crippen LogP contribution in [0, 0.1) is 0 Å². The van der Waals surface area contributed by atoms with Crippen molar-refractivity contribution in [2.45, 2.75) is 152 Å². The Morgan fingerprint density at radius 3 is 0.967 bits per heavy atom. The molecule has 0 saturated carbocycles. The minimum atomic E-state index is -3.72. The van der Waals surface area contributed by atoms with E-state index in [0.29, 0.717) is 18.6 Å². The van der Waals surface area contributed by atoms with Gasteiger partial charge in [-0.1, -0.05) is 0 Å². The van der Waals surface area contributed by atoms with Gasteiger partial charge in [0.15, 0.2) is 0 Å². The molecule has 181 valence electrons. The van der Waals surface area contributed by atoms with Crippen molar-refractivity contribution in [1.82, 2.24) is 0 Å². The number of rotatable bonds is 22. The maximum absolute atomic E-state index is 9.29. The van der Waals surface area contributed by atoms with Crippen LogP contribution in [-0.4, -0.2) is 0 Å². The third kappa shape index (κ3) is 43.5. The average Bonchev–Trinajstić information content (AvgIpc) is 2.68. The van der Waals surface area contributed by atoms with Gasteiger partial charge in [0.2, 0.25) is 0 Å². The Labute approximate surface area is 209 Å². The van der Waals surface area contributed by atoms with E-state index in [1.54, 1.807) is 22.5 Å². The first-order valence-corrected chi connectivity index (χ1v) is 19.2. The normalized spacial score (nSPS) is 11.1. The second-order valence-electron chi connectivity index (χ2n) is 8.42. The molecule has 0 aliphatic carbocycles. The molecule has 6 heteroatoms. The average molecular weight is 562 g/mol. The van der Waals surface area contributed by atoms with Gasteiger partial charge < -0.3 is 27.7 Å². The fourth-order valence-electron chi connectivity index (χ4n) is 3.49. The minimum Gasteiger partial charge on any atom is -0.850 e. The van der Waals surface area contributed by atoms with E-state index < -0.39 is 5.69 Å². The van der Waals surface area contributed by atoms with Gasteiger partial charge >= 0.3 is 170 Å². The monoisotopic (exact) mass is 563 g/mol. The molecule has 0 radical (unpaired) electrons. The molecule has 0 aromatic heterocycles. The smallest absolute Gasteiger partial charge is 0.850 e. The van der Waals surface area contributed by atoms with E-state index in [2.05, 4.69) is 37.9 Å². The van der Waals surface area contributed by atoms with Gasteiger partial charge in [-0.05, 0) is 0 Å². The quantitative estimate of drug-likeness (QED) is 0.0578. The van der Waals surface area contributed by atoms with E-state index in [9.17, 15) is 9.79 Å². The fraction of sp³-hybridized carbons (Fsp3) is 1.00. The molecule has 30 heavy (non-hydrogen) atoms.